The van der Waals surface area contributed by atoms with Crippen LogP contribution in [0.25, 0.3) is 0 Å². The van der Waals surface area contributed by atoms with Gasteiger partial charge in [0.1, 0.15) is 0 Å². The van der Waals surface area contributed by atoms with Gasteiger partial charge in [-0.15, -0.1) is 0 Å². The SMILES string of the molecule is COc1cc(C(=O)N(C)c2ccc(Br)cc2C)cc(OC)c1OC. The van der Waals surface area contributed by atoms with E-state index in [-0.39, 0.29) is 5.91 Å². The van der Waals surface area contributed by atoms with Crippen LogP contribution >= 0.6 is 15.9 Å². The van der Waals surface area contributed by atoms with Gasteiger partial charge in [-0.3, -0.25) is 4.79 Å². The van der Waals surface area contributed by atoms with E-state index >= 15 is 0 Å². The van der Waals surface area contributed by atoms with Crippen LogP contribution in [0.4, 0.5) is 5.69 Å². The van der Waals surface area contributed by atoms with Crippen LogP contribution in [0.5, 0.6) is 17.2 Å². The zero-order valence-electron chi connectivity index (χ0n) is 14.3. The smallest absolute Gasteiger partial charge is 0.258 e. The highest BCUT2D eigenvalue weighted by atomic mass is 79.9. The average molecular weight is 394 g/mol. The minimum Gasteiger partial charge on any atom is -0.493 e. The normalized spacial score (nSPS) is 10.2. The number of carbonyl (C=O) groups excluding carboxylic acids is 1. The maximum atomic E-state index is 12.9. The number of amides is 1. The molecule has 0 radical (unpaired) electrons. The lowest BCUT2D eigenvalue weighted by atomic mass is 10.1. The van der Waals surface area contributed by atoms with Gasteiger partial charge in [-0.1, -0.05) is 15.9 Å². The van der Waals surface area contributed by atoms with E-state index in [9.17, 15) is 4.79 Å². The zero-order chi connectivity index (χ0) is 17.9. The highest BCUT2D eigenvalue weighted by Crippen LogP contribution is 2.38. The summed E-state index contributed by atoms with van der Waals surface area (Å²) in [5.41, 5.74) is 2.28. The molecule has 2 rings (SSSR count). The van der Waals surface area contributed by atoms with Gasteiger partial charge in [-0.2, -0.15) is 0 Å². The molecule has 24 heavy (non-hydrogen) atoms. The zero-order valence-corrected chi connectivity index (χ0v) is 15.9. The lowest BCUT2D eigenvalue weighted by Crippen LogP contribution is -2.27. The number of aryl methyl sites for hydroxylation is 1. The van der Waals surface area contributed by atoms with Crippen molar-refractivity contribution >= 4 is 27.5 Å². The second-order valence-corrected chi connectivity index (χ2v) is 6.12. The third-order valence-corrected chi connectivity index (χ3v) is 4.23. The molecule has 0 aliphatic heterocycles. The van der Waals surface area contributed by atoms with Crippen molar-refractivity contribution in [3.63, 3.8) is 0 Å². The molecule has 2 aromatic carbocycles. The molecule has 2 aromatic rings. The summed E-state index contributed by atoms with van der Waals surface area (Å²) in [7, 11) is 6.31. The fraction of sp³-hybridized carbons (Fsp3) is 0.278. The number of hydrogen-bond acceptors (Lipinski definition) is 4. The minimum atomic E-state index is -0.167. The standard InChI is InChI=1S/C18H20BrNO4/c1-11-8-13(19)6-7-14(11)20(2)18(21)12-9-15(22-3)17(24-5)16(10-12)23-4/h6-10H,1-5H3. The van der Waals surface area contributed by atoms with E-state index in [0.29, 0.717) is 22.8 Å². The fourth-order valence-electron chi connectivity index (χ4n) is 2.50. The highest BCUT2D eigenvalue weighted by molar-refractivity contribution is 9.10. The van der Waals surface area contributed by atoms with Gasteiger partial charge < -0.3 is 19.1 Å². The molecule has 0 aromatic heterocycles. The van der Waals surface area contributed by atoms with Crippen molar-refractivity contribution in [3.8, 4) is 17.2 Å². The van der Waals surface area contributed by atoms with E-state index in [1.54, 1.807) is 24.1 Å². The molecule has 0 saturated heterocycles. The maximum absolute atomic E-state index is 12.9. The molecule has 0 atom stereocenters. The van der Waals surface area contributed by atoms with E-state index in [4.69, 9.17) is 14.2 Å². The Morgan fingerprint density at radius 2 is 1.58 bits per heavy atom. The summed E-state index contributed by atoms with van der Waals surface area (Å²) >= 11 is 3.43. The van der Waals surface area contributed by atoms with Crippen molar-refractivity contribution in [2.24, 2.45) is 0 Å². The number of rotatable bonds is 5. The minimum absolute atomic E-state index is 0.167. The lowest BCUT2D eigenvalue weighted by Gasteiger charge is -2.21. The molecule has 0 aliphatic rings. The Labute approximate surface area is 150 Å². The first kappa shape index (κ1) is 18.1. The van der Waals surface area contributed by atoms with E-state index in [1.807, 2.05) is 25.1 Å². The Morgan fingerprint density at radius 1 is 1.00 bits per heavy atom. The van der Waals surface area contributed by atoms with Crippen LogP contribution in [0.1, 0.15) is 15.9 Å². The summed E-state index contributed by atoms with van der Waals surface area (Å²) in [6, 6.07) is 9.06. The molecule has 0 fully saturated rings. The van der Waals surface area contributed by atoms with Crippen molar-refractivity contribution < 1.29 is 19.0 Å². The predicted molar refractivity (Wildman–Crippen MR) is 97.7 cm³/mol. The molecule has 128 valence electrons. The van der Waals surface area contributed by atoms with Crippen molar-refractivity contribution in [2.45, 2.75) is 6.92 Å². The summed E-state index contributed by atoms with van der Waals surface area (Å²) in [5, 5.41) is 0. The molecule has 0 heterocycles. The van der Waals surface area contributed by atoms with Gasteiger partial charge in [-0.05, 0) is 42.8 Å². The van der Waals surface area contributed by atoms with Gasteiger partial charge in [0.05, 0.1) is 21.3 Å². The van der Waals surface area contributed by atoms with Gasteiger partial charge in [0, 0.05) is 22.8 Å². The van der Waals surface area contributed by atoms with E-state index in [0.717, 1.165) is 15.7 Å². The summed E-state index contributed by atoms with van der Waals surface area (Å²) in [4.78, 5) is 14.5. The number of carbonyl (C=O) groups is 1. The predicted octanol–water partition coefficient (Wildman–Crippen LogP) is 4.06. The van der Waals surface area contributed by atoms with Crippen molar-refractivity contribution in [1.29, 1.82) is 0 Å². The number of methoxy groups -OCH3 is 3. The molecule has 0 saturated carbocycles. The summed E-state index contributed by atoms with van der Waals surface area (Å²) in [6.45, 7) is 1.96. The number of nitrogens with zero attached hydrogens (tertiary/aromatic N) is 1. The molecule has 0 unspecified atom stereocenters. The van der Waals surface area contributed by atoms with E-state index < -0.39 is 0 Å². The van der Waals surface area contributed by atoms with Crippen LogP contribution in [-0.2, 0) is 0 Å². The second-order valence-electron chi connectivity index (χ2n) is 5.21. The first-order chi connectivity index (χ1) is 11.4. The number of ether oxygens (including phenoxy) is 3. The quantitative estimate of drug-likeness (QED) is 0.768. The third-order valence-electron chi connectivity index (χ3n) is 3.74. The molecular weight excluding hydrogens is 374 g/mol. The number of benzene rings is 2. The highest BCUT2D eigenvalue weighted by Gasteiger charge is 2.20. The van der Waals surface area contributed by atoms with E-state index in [2.05, 4.69) is 15.9 Å². The van der Waals surface area contributed by atoms with Crippen LogP contribution < -0.4 is 19.1 Å². The molecule has 0 aliphatic carbocycles. The number of halogens is 1. The molecule has 5 nitrogen and oxygen atoms in total. The van der Waals surface area contributed by atoms with Crippen LogP contribution in [0.2, 0.25) is 0 Å². The maximum Gasteiger partial charge on any atom is 0.258 e. The Kier molecular flexibility index (Phi) is 5.72. The Balaban J connectivity index is 2.45. The van der Waals surface area contributed by atoms with Crippen molar-refractivity contribution in [1.82, 2.24) is 0 Å². The van der Waals surface area contributed by atoms with Gasteiger partial charge in [0.15, 0.2) is 11.5 Å². The monoisotopic (exact) mass is 393 g/mol. The molecule has 0 spiro atoms. The first-order valence-corrected chi connectivity index (χ1v) is 8.06. The first-order valence-electron chi connectivity index (χ1n) is 7.27. The van der Waals surface area contributed by atoms with Crippen LogP contribution in [0.15, 0.2) is 34.8 Å². The average Bonchev–Trinajstić information content (AvgIpc) is 2.59. The van der Waals surface area contributed by atoms with Gasteiger partial charge in [0.2, 0.25) is 5.75 Å². The van der Waals surface area contributed by atoms with Crippen molar-refractivity contribution in [3.05, 3.63) is 45.9 Å². The largest absolute Gasteiger partial charge is 0.493 e. The van der Waals surface area contributed by atoms with Crippen molar-refractivity contribution in [2.75, 3.05) is 33.3 Å². The van der Waals surface area contributed by atoms with Crippen LogP contribution in [-0.4, -0.2) is 34.3 Å². The second kappa shape index (κ2) is 7.57. The molecule has 1 amide bonds. The molecular formula is C18H20BrNO4. The van der Waals surface area contributed by atoms with Crippen LogP contribution in [0.3, 0.4) is 0 Å². The summed E-state index contributed by atoms with van der Waals surface area (Å²) < 4.78 is 16.9. The lowest BCUT2D eigenvalue weighted by molar-refractivity contribution is 0.0992. The van der Waals surface area contributed by atoms with Crippen LogP contribution in [0, 0.1) is 6.92 Å². The Hall–Kier alpha value is -2.21. The summed E-state index contributed by atoms with van der Waals surface area (Å²) in [6.07, 6.45) is 0. The fourth-order valence-corrected chi connectivity index (χ4v) is 2.98. The van der Waals surface area contributed by atoms with E-state index in [1.165, 1.54) is 21.3 Å². The molecule has 0 N–H and O–H groups in total. The van der Waals surface area contributed by atoms with Gasteiger partial charge in [0.25, 0.3) is 5.91 Å². The Bertz CT molecular complexity index is 736. The van der Waals surface area contributed by atoms with Gasteiger partial charge >= 0.3 is 0 Å². The molecule has 6 heteroatoms. The molecule has 0 bridgehead atoms. The topological polar surface area (TPSA) is 48.0 Å². The number of hydrogen-bond donors (Lipinski definition) is 0. The summed E-state index contributed by atoms with van der Waals surface area (Å²) in [5.74, 6) is 1.18. The third kappa shape index (κ3) is 3.48. The van der Waals surface area contributed by atoms with Gasteiger partial charge in [-0.25, -0.2) is 0 Å². The Morgan fingerprint density at radius 3 is 2.04 bits per heavy atom. The number of anilines is 1.